The fraction of sp³-hybridized carbons (Fsp3) is 0.611. The predicted octanol–water partition coefficient (Wildman–Crippen LogP) is 3.05. The largest absolute Gasteiger partial charge is 0.341 e. The number of hydrogen-bond donors (Lipinski definition) is 1. The van der Waals surface area contributed by atoms with Gasteiger partial charge in [-0.2, -0.15) is 11.8 Å². The molecule has 3 nitrogen and oxygen atoms in total. The highest BCUT2D eigenvalue weighted by Crippen LogP contribution is 2.27. The fourth-order valence-electron chi connectivity index (χ4n) is 3.45. The zero-order valence-corrected chi connectivity index (χ0v) is 14.3. The predicted molar refractivity (Wildman–Crippen MR) is 92.9 cm³/mol. The lowest BCUT2D eigenvalue weighted by Crippen LogP contribution is -2.44. The summed E-state index contributed by atoms with van der Waals surface area (Å²) < 4.78 is 12.9. The second-order valence-corrected chi connectivity index (χ2v) is 7.72. The van der Waals surface area contributed by atoms with Crippen LogP contribution in [-0.4, -0.2) is 41.4 Å². The molecule has 2 aliphatic rings. The summed E-state index contributed by atoms with van der Waals surface area (Å²) in [7, 11) is 0. The molecule has 1 saturated heterocycles. The molecule has 0 unspecified atom stereocenters. The molecular formula is C18H25FN2OS. The van der Waals surface area contributed by atoms with Crippen molar-refractivity contribution in [1.29, 1.82) is 0 Å². The van der Waals surface area contributed by atoms with Gasteiger partial charge in [-0.25, -0.2) is 4.39 Å². The van der Waals surface area contributed by atoms with Crippen LogP contribution in [-0.2, 0) is 11.3 Å². The number of hydrogen-bond acceptors (Lipinski definition) is 3. The molecule has 0 bridgehead atoms. The van der Waals surface area contributed by atoms with E-state index in [9.17, 15) is 9.18 Å². The van der Waals surface area contributed by atoms with Gasteiger partial charge < -0.3 is 10.2 Å². The first-order valence-electron chi connectivity index (χ1n) is 8.57. The first-order chi connectivity index (χ1) is 11.2. The van der Waals surface area contributed by atoms with Crippen LogP contribution in [0.3, 0.4) is 0 Å². The Hall–Kier alpha value is -1.07. The van der Waals surface area contributed by atoms with Gasteiger partial charge in [-0.3, -0.25) is 4.79 Å². The van der Waals surface area contributed by atoms with E-state index in [2.05, 4.69) is 10.2 Å². The molecule has 1 heterocycles. The van der Waals surface area contributed by atoms with E-state index in [0.717, 1.165) is 62.4 Å². The highest BCUT2D eigenvalue weighted by Gasteiger charge is 2.29. The van der Waals surface area contributed by atoms with Gasteiger partial charge in [-0.05, 0) is 43.4 Å². The number of rotatable bonds is 4. The maximum atomic E-state index is 12.9. The molecule has 1 aromatic carbocycles. The second-order valence-electron chi connectivity index (χ2n) is 6.49. The molecule has 0 radical (unpaired) electrons. The summed E-state index contributed by atoms with van der Waals surface area (Å²) in [6, 6.07) is 7.13. The van der Waals surface area contributed by atoms with Crippen LogP contribution in [0.25, 0.3) is 0 Å². The Morgan fingerprint density at radius 3 is 2.43 bits per heavy atom. The van der Waals surface area contributed by atoms with Crippen LogP contribution in [0.2, 0.25) is 0 Å². The summed E-state index contributed by atoms with van der Waals surface area (Å²) in [5.74, 6) is 2.58. The van der Waals surface area contributed by atoms with Crippen LogP contribution in [0.1, 0.15) is 31.2 Å². The van der Waals surface area contributed by atoms with E-state index < -0.39 is 0 Å². The van der Waals surface area contributed by atoms with Gasteiger partial charge in [0.2, 0.25) is 5.91 Å². The number of halogens is 1. The van der Waals surface area contributed by atoms with Crippen molar-refractivity contribution in [3.05, 3.63) is 35.6 Å². The normalized spacial score (nSPS) is 25.3. The van der Waals surface area contributed by atoms with E-state index in [1.165, 1.54) is 12.1 Å². The van der Waals surface area contributed by atoms with Crippen LogP contribution in [0.4, 0.5) is 4.39 Å². The molecule has 23 heavy (non-hydrogen) atoms. The van der Waals surface area contributed by atoms with E-state index in [0.29, 0.717) is 11.9 Å². The maximum Gasteiger partial charge on any atom is 0.225 e. The van der Waals surface area contributed by atoms with E-state index in [1.807, 2.05) is 23.9 Å². The third-order valence-electron chi connectivity index (χ3n) is 4.91. The molecule has 126 valence electrons. The van der Waals surface area contributed by atoms with E-state index in [-0.39, 0.29) is 11.7 Å². The lowest BCUT2D eigenvalue weighted by Gasteiger charge is -2.34. The zero-order valence-electron chi connectivity index (χ0n) is 13.5. The van der Waals surface area contributed by atoms with Crippen molar-refractivity contribution in [3.8, 4) is 0 Å². The lowest BCUT2D eigenvalue weighted by atomic mass is 9.85. The minimum Gasteiger partial charge on any atom is -0.341 e. The van der Waals surface area contributed by atoms with Gasteiger partial charge in [-0.15, -0.1) is 0 Å². The number of nitrogens with one attached hydrogen (secondary N) is 1. The summed E-state index contributed by atoms with van der Waals surface area (Å²) >= 11 is 1.94. The van der Waals surface area contributed by atoms with Crippen molar-refractivity contribution >= 4 is 17.7 Å². The number of benzene rings is 1. The van der Waals surface area contributed by atoms with Crippen LogP contribution < -0.4 is 5.32 Å². The van der Waals surface area contributed by atoms with Crippen molar-refractivity contribution in [1.82, 2.24) is 10.2 Å². The van der Waals surface area contributed by atoms with E-state index in [4.69, 9.17) is 0 Å². The van der Waals surface area contributed by atoms with Crippen LogP contribution in [0.5, 0.6) is 0 Å². The van der Waals surface area contributed by atoms with Crippen LogP contribution >= 0.6 is 11.8 Å². The van der Waals surface area contributed by atoms with Gasteiger partial charge in [0.1, 0.15) is 5.82 Å². The van der Waals surface area contributed by atoms with E-state index >= 15 is 0 Å². The molecule has 1 aliphatic heterocycles. The van der Waals surface area contributed by atoms with Gasteiger partial charge in [0.25, 0.3) is 0 Å². The van der Waals surface area contributed by atoms with Gasteiger partial charge in [-0.1, -0.05) is 12.1 Å². The second kappa shape index (κ2) is 8.15. The standard InChI is InChI=1S/C18H25FN2OS/c19-16-5-1-14(2-6-16)13-20-17-7-3-15(4-8-17)18(22)21-9-11-23-12-10-21/h1-2,5-6,15,17,20H,3-4,7-13H2. The monoisotopic (exact) mass is 336 g/mol. The van der Waals surface area contributed by atoms with Crippen molar-refractivity contribution in [3.63, 3.8) is 0 Å². The molecule has 5 heteroatoms. The lowest BCUT2D eigenvalue weighted by molar-refractivity contribution is -0.136. The van der Waals surface area contributed by atoms with Crippen LogP contribution in [0.15, 0.2) is 24.3 Å². The third kappa shape index (κ3) is 4.70. The molecular weight excluding hydrogens is 311 g/mol. The van der Waals surface area contributed by atoms with Gasteiger partial charge in [0.05, 0.1) is 0 Å². The molecule has 0 aromatic heterocycles. The highest BCUT2D eigenvalue weighted by molar-refractivity contribution is 7.99. The Morgan fingerprint density at radius 1 is 1.13 bits per heavy atom. The zero-order chi connectivity index (χ0) is 16.1. The SMILES string of the molecule is O=C(C1CCC(NCc2ccc(F)cc2)CC1)N1CCSCC1. The van der Waals surface area contributed by atoms with Crippen molar-refractivity contribution in [2.45, 2.75) is 38.3 Å². The number of carbonyl (C=O) groups excluding carboxylic acids is 1. The molecule has 1 N–H and O–H groups in total. The Labute approximate surface area is 142 Å². The molecule has 2 fully saturated rings. The first kappa shape index (κ1) is 16.8. The number of amides is 1. The third-order valence-corrected chi connectivity index (χ3v) is 5.85. The Bertz CT molecular complexity index is 508. The molecule has 3 rings (SSSR count). The Kier molecular flexibility index (Phi) is 5.95. The number of nitrogens with zero attached hydrogens (tertiary/aromatic N) is 1. The molecule has 1 saturated carbocycles. The molecule has 0 atom stereocenters. The average Bonchev–Trinajstić information content (AvgIpc) is 2.62. The van der Waals surface area contributed by atoms with E-state index in [1.54, 1.807) is 0 Å². The topological polar surface area (TPSA) is 32.3 Å². The molecule has 1 amide bonds. The fourth-order valence-corrected chi connectivity index (χ4v) is 4.35. The quantitative estimate of drug-likeness (QED) is 0.917. The summed E-state index contributed by atoms with van der Waals surface area (Å²) in [5, 5.41) is 3.55. The number of carbonyl (C=O) groups is 1. The van der Waals surface area contributed by atoms with Gasteiger partial charge in [0, 0.05) is 43.1 Å². The summed E-state index contributed by atoms with van der Waals surface area (Å²) in [4.78, 5) is 14.6. The maximum absolute atomic E-state index is 12.9. The Morgan fingerprint density at radius 2 is 1.78 bits per heavy atom. The van der Waals surface area contributed by atoms with Crippen molar-refractivity contribution in [2.24, 2.45) is 5.92 Å². The minimum absolute atomic E-state index is 0.191. The summed E-state index contributed by atoms with van der Waals surface area (Å²) in [6.45, 7) is 2.62. The molecule has 0 spiro atoms. The van der Waals surface area contributed by atoms with Crippen molar-refractivity contribution < 1.29 is 9.18 Å². The minimum atomic E-state index is -0.191. The average molecular weight is 336 g/mol. The van der Waals surface area contributed by atoms with Gasteiger partial charge >= 0.3 is 0 Å². The smallest absolute Gasteiger partial charge is 0.225 e. The number of thioether (sulfide) groups is 1. The summed E-state index contributed by atoms with van der Waals surface area (Å²) in [6.07, 6.45) is 4.09. The molecule has 1 aliphatic carbocycles. The first-order valence-corrected chi connectivity index (χ1v) is 9.72. The summed E-state index contributed by atoms with van der Waals surface area (Å²) in [5.41, 5.74) is 1.11. The van der Waals surface area contributed by atoms with Crippen molar-refractivity contribution in [2.75, 3.05) is 24.6 Å². The van der Waals surface area contributed by atoms with Crippen LogP contribution in [0, 0.1) is 11.7 Å². The van der Waals surface area contributed by atoms with Gasteiger partial charge in [0.15, 0.2) is 0 Å². The highest BCUT2D eigenvalue weighted by atomic mass is 32.2. The molecule has 1 aromatic rings. The Balaban J connectivity index is 1.41.